The van der Waals surface area contributed by atoms with Crippen LogP contribution in [-0.2, 0) is 4.74 Å². The molecule has 1 N–H and O–H groups in total. The molecule has 1 fully saturated rings. The quantitative estimate of drug-likeness (QED) is 0.772. The van der Waals surface area contributed by atoms with Crippen molar-refractivity contribution in [1.82, 2.24) is 4.90 Å². The standard InChI is InChI=1S/C12H21NO3.C2H4/c1-5-6-9-7-10(14)8-13(9)11(15)16-12(2,3)4;1-2/h5,9-10,14H,1,6-8H2,2-4H3;1-2H2/t9-,10+;/m0./s1. The number of ether oxygens (including phenoxy) is 1. The van der Waals surface area contributed by atoms with Gasteiger partial charge in [-0.2, -0.15) is 0 Å². The minimum absolute atomic E-state index is 0.0161. The molecule has 2 atom stereocenters. The summed E-state index contributed by atoms with van der Waals surface area (Å²) in [6, 6.07) is 0.0161. The van der Waals surface area contributed by atoms with E-state index in [1.807, 2.05) is 20.8 Å². The molecular weight excluding hydrogens is 230 g/mol. The van der Waals surface area contributed by atoms with Gasteiger partial charge in [-0.3, -0.25) is 0 Å². The largest absolute Gasteiger partial charge is 0.444 e. The Bertz CT molecular complexity index is 283. The van der Waals surface area contributed by atoms with Gasteiger partial charge < -0.3 is 14.7 Å². The van der Waals surface area contributed by atoms with E-state index in [0.717, 1.165) is 0 Å². The molecule has 18 heavy (non-hydrogen) atoms. The van der Waals surface area contributed by atoms with Crippen LogP contribution in [0.3, 0.4) is 0 Å². The first-order valence-electron chi connectivity index (χ1n) is 6.12. The molecule has 0 aromatic heterocycles. The summed E-state index contributed by atoms with van der Waals surface area (Å²) in [5, 5.41) is 9.56. The Morgan fingerprint density at radius 1 is 1.50 bits per heavy atom. The zero-order valence-corrected chi connectivity index (χ0v) is 11.7. The van der Waals surface area contributed by atoms with Gasteiger partial charge in [0, 0.05) is 6.04 Å². The maximum Gasteiger partial charge on any atom is 0.410 e. The van der Waals surface area contributed by atoms with Gasteiger partial charge in [-0.1, -0.05) is 6.08 Å². The summed E-state index contributed by atoms with van der Waals surface area (Å²) < 4.78 is 5.29. The molecule has 0 bridgehead atoms. The smallest absolute Gasteiger partial charge is 0.410 e. The minimum atomic E-state index is -0.497. The molecule has 1 saturated heterocycles. The van der Waals surface area contributed by atoms with Crippen molar-refractivity contribution in [1.29, 1.82) is 0 Å². The molecule has 1 aliphatic heterocycles. The second-order valence-corrected chi connectivity index (χ2v) is 5.20. The molecule has 0 saturated carbocycles. The number of carbonyl (C=O) groups excluding carboxylic acids is 1. The summed E-state index contributed by atoms with van der Waals surface area (Å²) in [4.78, 5) is 13.4. The Morgan fingerprint density at radius 2 is 2.06 bits per heavy atom. The minimum Gasteiger partial charge on any atom is -0.444 e. The SMILES string of the molecule is C=C.C=CC[C@H]1C[C@@H](O)CN1C(=O)OC(C)(C)C. The van der Waals surface area contributed by atoms with E-state index in [1.165, 1.54) is 0 Å². The highest BCUT2D eigenvalue weighted by molar-refractivity contribution is 5.69. The predicted molar refractivity (Wildman–Crippen MR) is 73.4 cm³/mol. The van der Waals surface area contributed by atoms with E-state index < -0.39 is 11.7 Å². The topological polar surface area (TPSA) is 49.8 Å². The lowest BCUT2D eigenvalue weighted by Gasteiger charge is -2.27. The zero-order chi connectivity index (χ0) is 14.3. The number of hydrogen-bond donors (Lipinski definition) is 1. The van der Waals surface area contributed by atoms with Gasteiger partial charge in [0.05, 0.1) is 12.6 Å². The lowest BCUT2D eigenvalue weighted by molar-refractivity contribution is 0.0210. The van der Waals surface area contributed by atoms with Crippen LogP contribution in [-0.4, -0.2) is 40.4 Å². The summed E-state index contributed by atoms with van der Waals surface area (Å²) in [7, 11) is 0. The molecule has 104 valence electrons. The molecule has 1 aliphatic rings. The van der Waals surface area contributed by atoms with Gasteiger partial charge in [-0.15, -0.1) is 19.7 Å². The van der Waals surface area contributed by atoms with Crippen molar-refractivity contribution in [3.05, 3.63) is 25.8 Å². The van der Waals surface area contributed by atoms with E-state index in [9.17, 15) is 9.90 Å². The van der Waals surface area contributed by atoms with Crippen molar-refractivity contribution in [2.45, 2.75) is 51.4 Å². The Kier molecular flexibility index (Phi) is 6.70. The van der Waals surface area contributed by atoms with Gasteiger partial charge in [0.1, 0.15) is 5.60 Å². The highest BCUT2D eigenvalue weighted by Gasteiger charge is 2.35. The Balaban J connectivity index is 0.00000137. The van der Waals surface area contributed by atoms with Crippen LogP contribution in [0.4, 0.5) is 4.79 Å². The predicted octanol–water partition coefficient (Wildman–Crippen LogP) is 2.74. The van der Waals surface area contributed by atoms with Gasteiger partial charge in [0.15, 0.2) is 0 Å². The lowest BCUT2D eigenvalue weighted by Crippen LogP contribution is -2.40. The third kappa shape index (κ3) is 5.36. The number of rotatable bonds is 2. The summed E-state index contributed by atoms with van der Waals surface area (Å²) in [6.45, 7) is 15.5. The van der Waals surface area contributed by atoms with Gasteiger partial charge in [-0.25, -0.2) is 4.79 Å². The van der Waals surface area contributed by atoms with Crippen molar-refractivity contribution in [3.8, 4) is 0 Å². The van der Waals surface area contributed by atoms with Crippen molar-refractivity contribution in [2.75, 3.05) is 6.54 Å². The lowest BCUT2D eigenvalue weighted by atomic mass is 10.1. The summed E-state index contributed by atoms with van der Waals surface area (Å²) in [5.41, 5.74) is -0.497. The number of aliphatic hydroxyl groups is 1. The molecule has 1 heterocycles. The van der Waals surface area contributed by atoms with E-state index in [1.54, 1.807) is 11.0 Å². The van der Waals surface area contributed by atoms with Crippen molar-refractivity contribution >= 4 is 6.09 Å². The molecular formula is C14H25NO3. The van der Waals surface area contributed by atoms with Crippen molar-refractivity contribution in [3.63, 3.8) is 0 Å². The summed E-state index contributed by atoms with van der Waals surface area (Å²) >= 11 is 0. The van der Waals surface area contributed by atoms with Crippen LogP contribution in [0.15, 0.2) is 25.8 Å². The van der Waals surface area contributed by atoms with Crippen LogP contribution in [0.5, 0.6) is 0 Å². The number of likely N-dealkylation sites (tertiary alicyclic amines) is 1. The first-order valence-corrected chi connectivity index (χ1v) is 6.12. The first-order chi connectivity index (χ1) is 8.33. The fourth-order valence-electron chi connectivity index (χ4n) is 1.85. The van der Waals surface area contributed by atoms with Crippen LogP contribution < -0.4 is 0 Å². The van der Waals surface area contributed by atoms with Gasteiger partial charge >= 0.3 is 6.09 Å². The Hall–Kier alpha value is -1.29. The highest BCUT2D eigenvalue weighted by atomic mass is 16.6. The average molecular weight is 255 g/mol. The zero-order valence-electron chi connectivity index (χ0n) is 11.7. The Labute approximate surface area is 110 Å². The second-order valence-electron chi connectivity index (χ2n) is 5.20. The number of hydrogen-bond acceptors (Lipinski definition) is 3. The van der Waals surface area contributed by atoms with Gasteiger partial charge in [-0.05, 0) is 33.6 Å². The number of amides is 1. The van der Waals surface area contributed by atoms with Crippen LogP contribution >= 0.6 is 0 Å². The number of carbonyl (C=O) groups is 1. The maximum atomic E-state index is 11.9. The molecule has 0 unspecified atom stereocenters. The third-order valence-electron chi connectivity index (χ3n) is 2.46. The van der Waals surface area contributed by atoms with E-state index in [2.05, 4.69) is 19.7 Å². The average Bonchev–Trinajstić information content (AvgIpc) is 2.61. The molecule has 1 amide bonds. The van der Waals surface area contributed by atoms with E-state index in [-0.39, 0.29) is 12.1 Å². The van der Waals surface area contributed by atoms with E-state index in [4.69, 9.17) is 4.74 Å². The normalized spacial score (nSPS) is 23.0. The van der Waals surface area contributed by atoms with Gasteiger partial charge in [0.2, 0.25) is 0 Å². The van der Waals surface area contributed by atoms with E-state index >= 15 is 0 Å². The summed E-state index contributed by atoms with van der Waals surface area (Å²) in [5.74, 6) is 0. The van der Waals surface area contributed by atoms with Gasteiger partial charge in [0.25, 0.3) is 0 Å². The van der Waals surface area contributed by atoms with Crippen molar-refractivity contribution in [2.24, 2.45) is 0 Å². The van der Waals surface area contributed by atoms with Crippen LogP contribution in [0, 0.1) is 0 Å². The molecule has 1 rings (SSSR count). The maximum absolute atomic E-state index is 11.9. The molecule has 0 aromatic rings. The number of β-amino-alcohol motifs (C(OH)–C–C–N with tert-alkyl or cyclic N) is 1. The number of nitrogens with zero attached hydrogens (tertiary/aromatic N) is 1. The fraction of sp³-hybridized carbons (Fsp3) is 0.643. The molecule has 0 aliphatic carbocycles. The second kappa shape index (κ2) is 7.21. The monoisotopic (exact) mass is 255 g/mol. The molecule has 4 nitrogen and oxygen atoms in total. The fourth-order valence-corrected chi connectivity index (χ4v) is 1.85. The molecule has 0 spiro atoms. The van der Waals surface area contributed by atoms with Crippen LogP contribution in [0.2, 0.25) is 0 Å². The summed E-state index contributed by atoms with van der Waals surface area (Å²) in [6.07, 6.45) is 2.26. The third-order valence-corrected chi connectivity index (χ3v) is 2.46. The molecule has 0 radical (unpaired) electrons. The molecule has 0 aromatic carbocycles. The highest BCUT2D eigenvalue weighted by Crippen LogP contribution is 2.23. The number of aliphatic hydroxyl groups excluding tert-OH is 1. The van der Waals surface area contributed by atoms with Crippen LogP contribution in [0.25, 0.3) is 0 Å². The molecule has 4 heteroatoms. The van der Waals surface area contributed by atoms with E-state index in [0.29, 0.717) is 19.4 Å². The van der Waals surface area contributed by atoms with Crippen LogP contribution in [0.1, 0.15) is 33.6 Å². The van der Waals surface area contributed by atoms with Crippen molar-refractivity contribution < 1.29 is 14.6 Å². The Morgan fingerprint density at radius 3 is 2.50 bits per heavy atom. The first kappa shape index (κ1) is 16.7.